The minimum atomic E-state index is -0.368. The molecule has 0 atom stereocenters. The average molecular weight is 310 g/mol. The predicted octanol–water partition coefficient (Wildman–Crippen LogP) is 2.97. The first-order valence-electron chi connectivity index (χ1n) is 7.77. The van der Waals surface area contributed by atoms with Gasteiger partial charge in [0.25, 0.3) is 0 Å². The molecule has 0 bridgehead atoms. The second-order valence-electron chi connectivity index (χ2n) is 5.98. The van der Waals surface area contributed by atoms with Gasteiger partial charge in [0, 0.05) is 5.92 Å². The maximum atomic E-state index is 12.1. The summed E-state index contributed by atoms with van der Waals surface area (Å²) in [5.74, 6) is -0.0569. The predicted molar refractivity (Wildman–Crippen MR) is 83.2 cm³/mol. The highest BCUT2D eigenvalue weighted by molar-refractivity contribution is 5.90. The molecule has 0 spiro atoms. The minimum absolute atomic E-state index is 0.173. The molecule has 0 radical (unpaired) electrons. The van der Waals surface area contributed by atoms with E-state index in [0.717, 1.165) is 30.6 Å². The number of nitrogens with zero attached hydrogens (tertiary/aromatic N) is 4. The Morgan fingerprint density at radius 2 is 2.22 bits per heavy atom. The lowest BCUT2D eigenvalue weighted by molar-refractivity contribution is 0.0378. The molecule has 1 saturated carbocycles. The molecule has 0 unspecified atom stereocenters. The smallest absolute Gasteiger partial charge is 0.338 e. The van der Waals surface area contributed by atoms with Gasteiger partial charge in [0.15, 0.2) is 5.69 Å². The van der Waals surface area contributed by atoms with E-state index < -0.39 is 0 Å². The summed E-state index contributed by atoms with van der Waals surface area (Å²) in [5.41, 5.74) is 2.39. The lowest BCUT2D eigenvalue weighted by Crippen LogP contribution is -2.16. The molecule has 1 aromatic heterocycles. The molecule has 1 fully saturated rings. The molecule has 6 nitrogen and oxygen atoms in total. The number of benzene rings is 1. The maximum Gasteiger partial charge on any atom is 0.338 e. The van der Waals surface area contributed by atoms with Crippen LogP contribution in [-0.2, 0) is 4.74 Å². The van der Waals surface area contributed by atoms with Crippen LogP contribution >= 0.6 is 0 Å². The van der Waals surface area contributed by atoms with E-state index in [1.165, 1.54) is 0 Å². The number of aromatic nitrogens is 3. The molecule has 1 aromatic carbocycles. The maximum absolute atomic E-state index is 12.1. The number of carbonyl (C=O) groups excluding carboxylic acids is 1. The second kappa shape index (κ2) is 6.21. The zero-order valence-corrected chi connectivity index (χ0v) is 13.2. The fourth-order valence-corrected chi connectivity index (χ4v) is 2.65. The Morgan fingerprint density at radius 3 is 2.83 bits per heavy atom. The highest BCUT2D eigenvalue weighted by atomic mass is 16.5. The summed E-state index contributed by atoms with van der Waals surface area (Å²) in [5, 5.41) is 17.3. The van der Waals surface area contributed by atoms with Crippen LogP contribution in [0, 0.1) is 11.3 Å². The van der Waals surface area contributed by atoms with Gasteiger partial charge < -0.3 is 4.74 Å². The van der Waals surface area contributed by atoms with Crippen molar-refractivity contribution in [2.24, 2.45) is 0 Å². The van der Waals surface area contributed by atoms with Crippen molar-refractivity contribution < 1.29 is 9.53 Å². The Morgan fingerprint density at radius 1 is 1.43 bits per heavy atom. The molecule has 1 aliphatic carbocycles. The lowest BCUT2D eigenvalue weighted by atomic mass is 9.82. The first-order chi connectivity index (χ1) is 11.1. The zero-order chi connectivity index (χ0) is 16.4. The van der Waals surface area contributed by atoms with Crippen molar-refractivity contribution in [3.8, 4) is 11.8 Å². The quantitative estimate of drug-likeness (QED) is 0.811. The lowest BCUT2D eigenvalue weighted by Gasteiger charge is -2.25. The molecular formula is C17H18N4O2. The highest BCUT2D eigenvalue weighted by Crippen LogP contribution is 2.38. The second-order valence-corrected chi connectivity index (χ2v) is 5.98. The summed E-state index contributed by atoms with van der Waals surface area (Å²) in [6.07, 6.45) is 3.06. The number of ether oxygens (including phenoxy) is 1. The van der Waals surface area contributed by atoms with Crippen molar-refractivity contribution in [3.05, 3.63) is 41.2 Å². The molecule has 1 aliphatic rings. The van der Waals surface area contributed by atoms with E-state index >= 15 is 0 Å². The van der Waals surface area contributed by atoms with Gasteiger partial charge in [0.05, 0.1) is 23.0 Å². The number of nitriles is 1. The first-order valence-corrected chi connectivity index (χ1v) is 7.77. The van der Waals surface area contributed by atoms with E-state index in [9.17, 15) is 10.1 Å². The standard InChI is InChI=1S/C17H18N4O2/c1-11(2)23-17(22)13-7-4-8-14(9-13)21-16(12-5-3-6-12)15(10-18)19-20-21/h4,7-9,11-12H,3,5-6H2,1-2H3. The van der Waals surface area contributed by atoms with E-state index in [-0.39, 0.29) is 12.1 Å². The Labute approximate surface area is 134 Å². The van der Waals surface area contributed by atoms with Crippen LogP contribution in [0.5, 0.6) is 0 Å². The Hall–Kier alpha value is -2.68. The van der Waals surface area contributed by atoms with Gasteiger partial charge in [-0.3, -0.25) is 0 Å². The van der Waals surface area contributed by atoms with Crippen LogP contribution in [0.25, 0.3) is 5.69 Å². The number of esters is 1. The third-order valence-corrected chi connectivity index (χ3v) is 3.97. The van der Waals surface area contributed by atoms with Crippen LogP contribution in [-0.4, -0.2) is 27.1 Å². The van der Waals surface area contributed by atoms with E-state index in [4.69, 9.17) is 4.74 Å². The van der Waals surface area contributed by atoms with E-state index in [1.54, 1.807) is 22.9 Å². The third kappa shape index (κ3) is 2.95. The Balaban J connectivity index is 1.98. The van der Waals surface area contributed by atoms with Crippen molar-refractivity contribution >= 4 is 5.97 Å². The van der Waals surface area contributed by atoms with Crippen molar-refractivity contribution in [2.45, 2.75) is 45.1 Å². The molecule has 0 N–H and O–H groups in total. The normalized spacial score (nSPS) is 14.3. The highest BCUT2D eigenvalue weighted by Gasteiger charge is 2.28. The van der Waals surface area contributed by atoms with Gasteiger partial charge in [-0.25, -0.2) is 9.48 Å². The summed E-state index contributed by atoms with van der Waals surface area (Å²) in [6.45, 7) is 3.63. The zero-order valence-electron chi connectivity index (χ0n) is 13.2. The van der Waals surface area contributed by atoms with Gasteiger partial charge in [0.1, 0.15) is 6.07 Å². The number of hydrogen-bond acceptors (Lipinski definition) is 5. The SMILES string of the molecule is CC(C)OC(=O)c1cccc(-n2nnc(C#N)c2C2CCC2)c1. The van der Waals surface area contributed by atoms with Gasteiger partial charge >= 0.3 is 5.97 Å². The summed E-state index contributed by atoms with van der Waals surface area (Å²) < 4.78 is 6.90. The monoisotopic (exact) mass is 310 g/mol. The van der Waals surface area contributed by atoms with Crippen LogP contribution in [0.1, 0.15) is 60.8 Å². The number of hydrogen-bond donors (Lipinski definition) is 0. The first kappa shape index (κ1) is 15.2. The Bertz CT molecular complexity index is 769. The molecule has 3 rings (SSSR count). The number of rotatable bonds is 4. The largest absolute Gasteiger partial charge is 0.459 e. The molecule has 6 heteroatoms. The topological polar surface area (TPSA) is 80.8 Å². The molecule has 0 amide bonds. The van der Waals surface area contributed by atoms with Crippen LogP contribution in [0.15, 0.2) is 24.3 Å². The molecule has 118 valence electrons. The van der Waals surface area contributed by atoms with E-state index in [1.807, 2.05) is 19.9 Å². The summed E-state index contributed by atoms with van der Waals surface area (Å²) >= 11 is 0. The van der Waals surface area contributed by atoms with Gasteiger partial charge in [-0.2, -0.15) is 5.26 Å². The average Bonchev–Trinajstić information content (AvgIpc) is 2.88. The molecule has 0 aliphatic heterocycles. The minimum Gasteiger partial charge on any atom is -0.459 e. The molecule has 0 saturated heterocycles. The van der Waals surface area contributed by atoms with Crippen molar-refractivity contribution in [3.63, 3.8) is 0 Å². The van der Waals surface area contributed by atoms with Crippen LogP contribution < -0.4 is 0 Å². The van der Waals surface area contributed by atoms with Crippen LogP contribution in [0.3, 0.4) is 0 Å². The van der Waals surface area contributed by atoms with E-state index in [2.05, 4.69) is 16.4 Å². The number of carbonyl (C=O) groups is 1. The van der Waals surface area contributed by atoms with Gasteiger partial charge in [-0.1, -0.05) is 17.7 Å². The van der Waals surface area contributed by atoms with Crippen molar-refractivity contribution in [1.29, 1.82) is 5.26 Å². The summed E-state index contributed by atoms with van der Waals surface area (Å²) in [4.78, 5) is 12.1. The van der Waals surface area contributed by atoms with Gasteiger partial charge in [-0.15, -0.1) is 5.10 Å². The Kier molecular flexibility index (Phi) is 4.11. The molecule has 23 heavy (non-hydrogen) atoms. The summed E-state index contributed by atoms with van der Waals surface area (Å²) in [7, 11) is 0. The van der Waals surface area contributed by atoms with Gasteiger partial charge in [0.2, 0.25) is 0 Å². The van der Waals surface area contributed by atoms with Crippen molar-refractivity contribution in [2.75, 3.05) is 0 Å². The van der Waals surface area contributed by atoms with Crippen LogP contribution in [0.2, 0.25) is 0 Å². The van der Waals surface area contributed by atoms with Crippen molar-refractivity contribution in [1.82, 2.24) is 15.0 Å². The van der Waals surface area contributed by atoms with E-state index in [0.29, 0.717) is 17.2 Å². The summed E-state index contributed by atoms with van der Waals surface area (Å²) in [6, 6.07) is 9.18. The molecular weight excluding hydrogens is 292 g/mol. The fraction of sp³-hybridized carbons (Fsp3) is 0.412. The third-order valence-electron chi connectivity index (χ3n) is 3.97. The van der Waals surface area contributed by atoms with Crippen LogP contribution in [0.4, 0.5) is 0 Å². The molecule has 2 aromatic rings. The molecule has 1 heterocycles. The fourth-order valence-electron chi connectivity index (χ4n) is 2.65. The van der Waals surface area contributed by atoms with Gasteiger partial charge in [-0.05, 0) is 44.9 Å².